The fourth-order valence-corrected chi connectivity index (χ4v) is 1.80. The number of carbonyl (C=O) groups excluding carboxylic acids is 1. The van der Waals surface area contributed by atoms with Crippen molar-refractivity contribution < 1.29 is 28.2 Å². The number of rotatable bonds is 7. The van der Waals surface area contributed by atoms with E-state index in [0.29, 0.717) is 0 Å². The summed E-state index contributed by atoms with van der Waals surface area (Å²) < 4.78 is 30.7. The molecular weight excluding hydrogens is 308 g/mol. The van der Waals surface area contributed by atoms with Gasteiger partial charge in [0.25, 0.3) is 12.3 Å². The summed E-state index contributed by atoms with van der Waals surface area (Å²) in [6.07, 6.45) is -2.62. The molecule has 0 bridgehead atoms. The first-order valence-electron chi connectivity index (χ1n) is 7.16. The zero-order valence-electron chi connectivity index (χ0n) is 13.3. The third-order valence-corrected chi connectivity index (χ3v) is 2.95. The molecule has 0 spiro atoms. The van der Waals surface area contributed by atoms with E-state index in [1.807, 2.05) is 20.8 Å². The van der Waals surface area contributed by atoms with E-state index in [1.54, 1.807) is 0 Å². The summed E-state index contributed by atoms with van der Waals surface area (Å²) in [5, 5.41) is 11.5. The van der Waals surface area contributed by atoms with Crippen LogP contribution in [-0.4, -0.2) is 35.2 Å². The van der Waals surface area contributed by atoms with Gasteiger partial charge in [-0.05, 0) is 32.9 Å². The molecule has 0 aliphatic carbocycles. The first-order chi connectivity index (χ1) is 10.6. The van der Waals surface area contributed by atoms with Crippen LogP contribution in [0.25, 0.3) is 0 Å². The molecule has 1 aromatic rings. The Morgan fingerprint density at radius 2 is 1.96 bits per heavy atom. The highest BCUT2D eigenvalue weighted by atomic mass is 19.3. The highest BCUT2D eigenvalue weighted by Gasteiger charge is 2.22. The predicted octanol–water partition coefficient (Wildman–Crippen LogP) is 3.01. The summed E-state index contributed by atoms with van der Waals surface area (Å²) in [6.45, 7) is 5.64. The molecule has 0 saturated carbocycles. The number of amides is 1. The van der Waals surface area contributed by atoms with Crippen molar-refractivity contribution >= 4 is 11.9 Å². The molecule has 0 radical (unpaired) electrons. The predicted molar refractivity (Wildman–Crippen MR) is 80.6 cm³/mol. The van der Waals surface area contributed by atoms with Gasteiger partial charge in [0.15, 0.2) is 0 Å². The van der Waals surface area contributed by atoms with Crippen LogP contribution >= 0.6 is 0 Å². The quantitative estimate of drug-likeness (QED) is 0.806. The number of alkyl halides is 2. The minimum absolute atomic E-state index is 0.00853. The van der Waals surface area contributed by atoms with E-state index in [1.165, 1.54) is 18.2 Å². The van der Waals surface area contributed by atoms with Gasteiger partial charge in [-0.15, -0.1) is 0 Å². The molecule has 7 heteroatoms. The number of carbonyl (C=O) groups is 2. The largest absolute Gasteiger partial charge is 0.480 e. The maximum Gasteiger partial charge on any atom is 0.326 e. The molecule has 0 fully saturated rings. The molecular formula is C16H21F2NO4. The maximum absolute atomic E-state index is 12.6. The SMILES string of the molecule is CC(C)(C)OCCC(NC(=O)c1cccc(C(F)F)c1)C(=O)O. The van der Waals surface area contributed by atoms with E-state index in [-0.39, 0.29) is 24.2 Å². The molecule has 0 saturated heterocycles. The van der Waals surface area contributed by atoms with Crippen molar-refractivity contribution in [2.24, 2.45) is 0 Å². The van der Waals surface area contributed by atoms with E-state index in [2.05, 4.69) is 5.32 Å². The number of halogens is 2. The molecule has 0 aromatic heterocycles. The lowest BCUT2D eigenvalue weighted by Gasteiger charge is -2.21. The third-order valence-electron chi connectivity index (χ3n) is 2.95. The van der Waals surface area contributed by atoms with Gasteiger partial charge in [0.1, 0.15) is 6.04 Å². The van der Waals surface area contributed by atoms with Gasteiger partial charge in [-0.3, -0.25) is 4.79 Å². The average molecular weight is 329 g/mol. The van der Waals surface area contributed by atoms with Crippen LogP contribution in [-0.2, 0) is 9.53 Å². The van der Waals surface area contributed by atoms with E-state index in [4.69, 9.17) is 9.84 Å². The Morgan fingerprint density at radius 1 is 1.30 bits per heavy atom. The smallest absolute Gasteiger partial charge is 0.326 e. The standard InChI is InChI=1S/C16H21F2NO4/c1-16(2,3)23-8-7-12(15(21)22)19-14(20)11-6-4-5-10(9-11)13(17)18/h4-6,9,12-13H,7-8H2,1-3H3,(H,19,20)(H,21,22). The molecule has 2 N–H and O–H groups in total. The first-order valence-corrected chi connectivity index (χ1v) is 7.16. The molecule has 5 nitrogen and oxygen atoms in total. The molecule has 1 amide bonds. The van der Waals surface area contributed by atoms with Crippen LogP contribution < -0.4 is 5.32 Å². The summed E-state index contributed by atoms with van der Waals surface area (Å²) >= 11 is 0. The van der Waals surface area contributed by atoms with Gasteiger partial charge < -0.3 is 15.2 Å². The van der Waals surface area contributed by atoms with Crippen LogP contribution in [0.5, 0.6) is 0 Å². The van der Waals surface area contributed by atoms with Crippen molar-refractivity contribution in [3.05, 3.63) is 35.4 Å². The van der Waals surface area contributed by atoms with Gasteiger partial charge in [-0.1, -0.05) is 12.1 Å². The molecule has 0 heterocycles. The van der Waals surface area contributed by atoms with Gasteiger partial charge in [0.05, 0.1) is 5.60 Å². The average Bonchev–Trinajstić information content (AvgIpc) is 2.44. The van der Waals surface area contributed by atoms with Crippen LogP contribution in [0, 0.1) is 0 Å². The maximum atomic E-state index is 12.6. The zero-order valence-corrected chi connectivity index (χ0v) is 13.3. The molecule has 128 valence electrons. The zero-order chi connectivity index (χ0) is 17.6. The van der Waals surface area contributed by atoms with Crippen molar-refractivity contribution in [2.75, 3.05) is 6.61 Å². The number of carboxylic acids is 1. The number of ether oxygens (including phenoxy) is 1. The summed E-state index contributed by atoms with van der Waals surface area (Å²) in [7, 11) is 0. The highest BCUT2D eigenvalue weighted by Crippen LogP contribution is 2.19. The van der Waals surface area contributed by atoms with Crippen LogP contribution in [0.15, 0.2) is 24.3 Å². The Hall–Kier alpha value is -2.02. The Kier molecular flexibility index (Phi) is 6.62. The Balaban J connectivity index is 2.71. The van der Waals surface area contributed by atoms with Crippen molar-refractivity contribution in [1.29, 1.82) is 0 Å². The second kappa shape index (κ2) is 8.01. The second-order valence-corrected chi connectivity index (χ2v) is 6.04. The number of benzene rings is 1. The first kappa shape index (κ1) is 19.0. The summed E-state index contributed by atoms with van der Waals surface area (Å²) in [5.74, 6) is -1.92. The lowest BCUT2D eigenvalue weighted by Crippen LogP contribution is -2.42. The van der Waals surface area contributed by atoms with Crippen molar-refractivity contribution in [3.8, 4) is 0 Å². The third kappa shape index (κ3) is 6.73. The van der Waals surface area contributed by atoms with E-state index >= 15 is 0 Å². The molecule has 1 aromatic carbocycles. The lowest BCUT2D eigenvalue weighted by molar-refractivity contribution is -0.140. The second-order valence-electron chi connectivity index (χ2n) is 6.04. The number of carboxylic acid groups (broad SMARTS) is 1. The van der Waals surface area contributed by atoms with Crippen LogP contribution in [0.1, 0.15) is 49.5 Å². The summed E-state index contributed by atoms with van der Waals surface area (Å²) in [5.41, 5.74) is -0.718. The van der Waals surface area contributed by atoms with Gasteiger partial charge in [-0.25, -0.2) is 13.6 Å². The fourth-order valence-electron chi connectivity index (χ4n) is 1.80. The van der Waals surface area contributed by atoms with E-state index in [0.717, 1.165) is 6.07 Å². The van der Waals surface area contributed by atoms with E-state index in [9.17, 15) is 18.4 Å². The highest BCUT2D eigenvalue weighted by molar-refractivity contribution is 5.96. The number of aliphatic carboxylic acids is 1. The van der Waals surface area contributed by atoms with Crippen LogP contribution in [0.3, 0.4) is 0 Å². The number of nitrogens with one attached hydrogen (secondary N) is 1. The van der Waals surface area contributed by atoms with Crippen molar-refractivity contribution in [2.45, 2.75) is 45.3 Å². The molecule has 23 heavy (non-hydrogen) atoms. The van der Waals surface area contributed by atoms with Crippen molar-refractivity contribution in [3.63, 3.8) is 0 Å². The molecule has 1 rings (SSSR count). The topological polar surface area (TPSA) is 75.6 Å². The Bertz CT molecular complexity index is 555. The number of hydrogen-bond acceptors (Lipinski definition) is 3. The molecule has 1 unspecified atom stereocenters. The summed E-state index contributed by atoms with van der Waals surface area (Å²) in [6, 6.07) is 3.78. The minimum Gasteiger partial charge on any atom is -0.480 e. The van der Waals surface area contributed by atoms with Crippen LogP contribution in [0.4, 0.5) is 8.78 Å². The van der Waals surface area contributed by atoms with Gasteiger partial charge in [0, 0.05) is 24.2 Å². The molecule has 0 aliphatic heterocycles. The van der Waals surface area contributed by atoms with Gasteiger partial charge in [0.2, 0.25) is 0 Å². The van der Waals surface area contributed by atoms with Gasteiger partial charge in [-0.2, -0.15) is 0 Å². The molecule has 0 aliphatic rings. The lowest BCUT2D eigenvalue weighted by atomic mass is 10.1. The fraction of sp³-hybridized carbons (Fsp3) is 0.500. The van der Waals surface area contributed by atoms with E-state index < -0.39 is 29.9 Å². The Morgan fingerprint density at radius 3 is 2.48 bits per heavy atom. The van der Waals surface area contributed by atoms with Crippen molar-refractivity contribution in [1.82, 2.24) is 5.32 Å². The monoisotopic (exact) mass is 329 g/mol. The number of hydrogen-bond donors (Lipinski definition) is 2. The molecule has 1 atom stereocenters. The van der Waals surface area contributed by atoms with Gasteiger partial charge >= 0.3 is 5.97 Å². The Labute approximate surface area is 133 Å². The normalized spacial score (nSPS) is 13.0. The van der Waals surface area contributed by atoms with Crippen LogP contribution in [0.2, 0.25) is 0 Å². The summed E-state index contributed by atoms with van der Waals surface area (Å²) in [4.78, 5) is 23.2. The minimum atomic E-state index is -2.70.